The number of nitrogens with one attached hydrogen (secondary N) is 2. The molecule has 0 saturated carbocycles. The third-order valence-corrected chi connectivity index (χ3v) is 3.36. The lowest BCUT2D eigenvalue weighted by molar-refractivity contribution is 0.255. The van der Waals surface area contributed by atoms with E-state index in [2.05, 4.69) is 15.7 Å². The highest BCUT2D eigenvalue weighted by Crippen LogP contribution is 2.16. The molecule has 24 heavy (non-hydrogen) atoms. The molecule has 0 atom stereocenters. The monoisotopic (exact) mass is 318 g/mol. The second kappa shape index (κ2) is 7.28. The Hall–Kier alpha value is -3.34. The lowest BCUT2D eigenvalue weighted by atomic mass is 10.2. The molecule has 0 bridgehead atoms. The number of urea groups is 1. The van der Waals surface area contributed by atoms with E-state index in [9.17, 15) is 4.79 Å². The Kier molecular flexibility index (Phi) is 4.72. The van der Waals surface area contributed by atoms with Crippen molar-refractivity contribution in [3.63, 3.8) is 0 Å². The minimum Gasteiger partial charge on any atom is -0.314 e. The van der Waals surface area contributed by atoms with Crippen LogP contribution in [0.15, 0.2) is 72.9 Å². The number of rotatable bonds is 4. The van der Waals surface area contributed by atoms with Gasteiger partial charge in [0, 0.05) is 12.3 Å². The van der Waals surface area contributed by atoms with Crippen LogP contribution in [0.25, 0.3) is 11.8 Å². The van der Waals surface area contributed by atoms with Gasteiger partial charge in [-0.25, -0.2) is 9.48 Å². The fourth-order valence-electron chi connectivity index (χ4n) is 2.28. The van der Waals surface area contributed by atoms with Crippen molar-refractivity contribution in [3.05, 3.63) is 84.2 Å². The normalized spacial score (nSPS) is 10.7. The molecule has 0 unspecified atom stereocenters. The number of hydrogen-bond acceptors (Lipinski definition) is 2. The maximum absolute atomic E-state index is 12.1. The molecule has 1 aromatic heterocycles. The molecule has 2 amide bonds. The average molecular weight is 318 g/mol. The fraction of sp³-hybridized carbons (Fsp3) is 0.0526. The molecule has 3 aromatic rings. The van der Waals surface area contributed by atoms with E-state index >= 15 is 0 Å². The molecule has 0 aliphatic rings. The molecule has 3 rings (SSSR count). The number of aromatic nitrogens is 2. The van der Waals surface area contributed by atoms with Crippen molar-refractivity contribution < 1.29 is 4.79 Å². The van der Waals surface area contributed by atoms with E-state index in [1.54, 1.807) is 10.9 Å². The van der Waals surface area contributed by atoms with Crippen molar-refractivity contribution in [1.82, 2.24) is 15.1 Å². The van der Waals surface area contributed by atoms with Gasteiger partial charge in [-0.2, -0.15) is 5.10 Å². The first-order valence-electron chi connectivity index (χ1n) is 7.63. The van der Waals surface area contributed by atoms with Crippen LogP contribution in [0.4, 0.5) is 10.6 Å². The Balaban J connectivity index is 1.68. The Bertz CT molecular complexity index is 838. The van der Waals surface area contributed by atoms with Gasteiger partial charge in [-0.3, -0.25) is 5.32 Å². The second-order valence-electron chi connectivity index (χ2n) is 5.26. The van der Waals surface area contributed by atoms with E-state index < -0.39 is 0 Å². The summed E-state index contributed by atoms with van der Waals surface area (Å²) in [5, 5.41) is 9.93. The van der Waals surface area contributed by atoms with Gasteiger partial charge in [0.15, 0.2) is 0 Å². The van der Waals surface area contributed by atoms with Crippen molar-refractivity contribution in [3.8, 4) is 5.69 Å². The molecule has 0 radical (unpaired) electrons. The van der Waals surface area contributed by atoms with E-state index in [0.717, 1.165) is 16.9 Å². The van der Waals surface area contributed by atoms with Crippen LogP contribution in [0.5, 0.6) is 0 Å². The van der Waals surface area contributed by atoms with E-state index in [4.69, 9.17) is 0 Å². The van der Waals surface area contributed by atoms with Gasteiger partial charge in [-0.05, 0) is 30.7 Å². The van der Waals surface area contributed by atoms with E-state index in [1.807, 2.05) is 79.7 Å². The first kappa shape index (κ1) is 15.6. The van der Waals surface area contributed by atoms with Crippen LogP contribution in [0.1, 0.15) is 11.3 Å². The predicted molar refractivity (Wildman–Crippen MR) is 95.9 cm³/mol. The van der Waals surface area contributed by atoms with Gasteiger partial charge in [0.1, 0.15) is 5.82 Å². The molecule has 0 saturated heterocycles. The zero-order valence-electron chi connectivity index (χ0n) is 13.3. The first-order chi connectivity index (χ1) is 11.7. The van der Waals surface area contributed by atoms with Crippen LogP contribution in [0.2, 0.25) is 0 Å². The average Bonchev–Trinajstić information content (AvgIpc) is 2.97. The molecule has 5 heteroatoms. The minimum atomic E-state index is -0.320. The van der Waals surface area contributed by atoms with Crippen molar-refractivity contribution in [2.45, 2.75) is 6.92 Å². The van der Waals surface area contributed by atoms with Crippen LogP contribution < -0.4 is 10.6 Å². The predicted octanol–water partition coefficient (Wildman–Crippen LogP) is 3.97. The molecule has 2 aromatic carbocycles. The Morgan fingerprint density at radius 1 is 1.04 bits per heavy atom. The fourth-order valence-corrected chi connectivity index (χ4v) is 2.28. The molecule has 0 spiro atoms. The highest BCUT2D eigenvalue weighted by Gasteiger charge is 2.09. The standard InChI is InChI=1S/C19H18N4O/c1-15-14-18(23(22-15)17-10-6-3-7-11-17)21-19(24)20-13-12-16-8-4-2-5-9-16/h2-14H,1H3,(H2,20,21,24)/b13-12+. The Morgan fingerprint density at radius 2 is 1.71 bits per heavy atom. The number of carbonyl (C=O) groups is 1. The van der Waals surface area contributed by atoms with Gasteiger partial charge < -0.3 is 5.32 Å². The van der Waals surface area contributed by atoms with Crippen molar-refractivity contribution >= 4 is 17.9 Å². The lowest BCUT2D eigenvalue weighted by Gasteiger charge is -2.08. The van der Waals surface area contributed by atoms with Gasteiger partial charge in [-0.1, -0.05) is 48.5 Å². The maximum Gasteiger partial charge on any atom is 0.324 e. The van der Waals surface area contributed by atoms with Crippen LogP contribution in [-0.4, -0.2) is 15.8 Å². The van der Waals surface area contributed by atoms with Gasteiger partial charge in [0.2, 0.25) is 0 Å². The highest BCUT2D eigenvalue weighted by molar-refractivity contribution is 5.89. The zero-order valence-corrected chi connectivity index (χ0v) is 13.3. The molecular weight excluding hydrogens is 300 g/mol. The summed E-state index contributed by atoms with van der Waals surface area (Å²) in [7, 11) is 0. The number of nitrogens with zero attached hydrogens (tertiary/aromatic N) is 2. The topological polar surface area (TPSA) is 59.0 Å². The van der Waals surface area contributed by atoms with Crippen LogP contribution in [0.3, 0.4) is 0 Å². The maximum atomic E-state index is 12.1. The Morgan fingerprint density at radius 3 is 2.42 bits per heavy atom. The molecule has 2 N–H and O–H groups in total. The van der Waals surface area contributed by atoms with Gasteiger partial charge in [-0.15, -0.1) is 0 Å². The number of hydrogen-bond donors (Lipinski definition) is 2. The lowest BCUT2D eigenvalue weighted by Crippen LogP contribution is -2.25. The summed E-state index contributed by atoms with van der Waals surface area (Å²) in [5.41, 5.74) is 2.73. The summed E-state index contributed by atoms with van der Waals surface area (Å²) in [6.07, 6.45) is 3.44. The van der Waals surface area contributed by atoms with E-state index in [0.29, 0.717) is 5.82 Å². The van der Waals surface area contributed by atoms with Gasteiger partial charge in [0.25, 0.3) is 0 Å². The largest absolute Gasteiger partial charge is 0.324 e. The van der Waals surface area contributed by atoms with Crippen molar-refractivity contribution in [2.75, 3.05) is 5.32 Å². The molecule has 0 aliphatic carbocycles. The molecule has 0 fully saturated rings. The summed E-state index contributed by atoms with van der Waals surface area (Å²) in [6.45, 7) is 1.89. The minimum absolute atomic E-state index is 0.320. The van der Waals surface area contributed by atoms with Crippen LogP contribution >= 0.6 is 0 Å². The molecule has 120 valence electrons. The number of benzene rings is 2. The summed E-state index contributed by atoms with van der Waals surface area (Å²) in [4.78, 5) is 12.1. The Labute approximate surface area is 140 Å². The first-order valence-corrected chi connectivity index (χ1v) is 7.63. The molecule has 5 nitrogen and oxygen atoms in total. The summed E-state index contributed by atoms with van der Waals surface area (Å²) in [6, 6.07) is 20.9. The van der Waals surface area contributed by atoms with Crippen LogP contribution in [-0.2, 0) is 0 Å². The number of amides is 2. The van der Waals surface area contributed by atoms with E-state index in [1.165, 1.54) is 0 Å². The third-order valence-electron chi connectivity index (χ3n) is 3.36. The summed E-state index contributed by atoms with van der Waals surface area (Å²) < 4.78 is 1.70. The number of anilines is 1. The van der Waals surface area contributed by atoms with Gasteiger partial charge in [0.05, 0.1) is 11.4 Å². The van der Waals surface area contributed by atoms with Crippen LogP contribution in [0, 0.1) is 6.92 Å². The molecular formula is C19H18N4O. The number of para-hydroxylation sites is 1. The smallest absolute Gasteiger partial charge is 0.314 e. The third kappa shape index (κ3) is 3.89. The quantitative estimate of drug-likeness (QED) is 0.764. The zero-order chi connectivity index (χ0) is 16.8. The summed E-state index contributed by atoms with van der Waals surface area (Å²) in [5.74, 6) is 0.615. The van der Waals surface area contributed by atoms with Gasteiger partial charge >= 0.3 is 6.03 Å². The second-order valence-corrected chi connectivity index (χ2v) is 5.26. The summed E-state index contributed by atoms with van der Waals surface area (Å²) >= 11 is 0. The highest BCUT2D eigenvalue weighted by atomic mass is 16.2. The SMILES string of the molecule is Cc1cc(NC(=O)N/C=C/c2ccccc2)n(-c2ccccc2)n1. The van der Waals surface area contributed by atoms with Crippen molar-refractivity contribution in [2.24, 2.45) is 0 Å². The molecule has 1 heterocycles. The van der Waals surface area contributed by atoms with Crippen molar-refractivity contribution in [1.29, 1.82) is 0 Å². The number of carbonyl (C=O) groups excluding carboxylic acids is 1. The van der Waals surface area contributed by atoms with E-state index in [-0.39, 0.29) is 6.03 Å². The number of aryl methyl sites for hydroxylation is 1. The molecule has 0 aliphatic heterocycles.